The Morgan fingerprint density at radius 2 is 1.72 bits per heavy atom. The molecule has 0 spiro atoms. The fourth-order valence-corrected chi connectivity index (χ4v) is 2.62. The minimum Gasteiger partial charge on any atom is -0.214 e. The maximum absolute atomic E-state index is 11.6. The molecule has 3 nitrogen and oxygen atoms in total. The van der Waals surface area contributed by atoms with E-state index in [1.54, 1.807) is 0 Å². The second-order valence-electron chi connectivity index (χ2n) is 3.21. The molecule has 0 heterocycles. The summed E-state index contributed by atoms with van der Waals surface area (Å²) in [5.74, 6) is 0. The molecule has 1 fully saturated rings. The SMILES string of the molecule is C=C/C(=C1/CCCC1=C)S(=O)(=O)NC.CC.CC. The third-order valence-corrected chi connectivity index (χ3v) is 3.90. The fraction of sp³-hybridized carbons (Fsp3) is 0.571. The Balaban J connectivity index is 0. The summed E-state index contributed by atoms with van der Waals surface area (Å²) in [5.41, 5.74) is 1.74. The lowest BCUT2D eigenvalue weighted by atomic mass is 10.1. The zero-order valence-corrected chi connectivity index (χ0v) is 13.2. The quantitative estimate of drug-likeness (QED) is 0.851. The number of sulfonamides is 1. The molecule has 0 aliphatic heterocycles. The van der Waals surface area contributed by atoms with Crippen molar-refractivity contribution in [2.24, 2.45) is 0 Å². The van der Waals surface area contributed by atoms with Crippen molar-refractivity contribution in [3.8, 4) is 0 Å². The summed E-state index contributed by atoms with van der Waals surface area (Å²) < 4.78 is 25.5. The Bertz CT molecular complexity index is 392. The van der Waals surface area contributed by atoms with Crippen LogP contribution in [0.3, 0.4) is 0 Å². The second-order valence-corrected chi connectivity index (χ2v) is 5.07. The van der Waals surface area contributed by atoms with Crippen LogP contribution in [0.4, 0.5) is 0 Å². The molecule has 106 valence electrons. The minimum absolute atomic E-state index is 0.280. The highest BCUT2D eigenvalue weighted by Crippen LogP contribution is 2.33. The van der Waals surface area contributed by atoms with Crippen molar-refractivity contribution in [2.45, 2.75) is 47.0 Å². The minimum atomic E-state index is -3.38. The first-order chi connectivity index (χ1) is 8.53. The average Bonchev–Trinajstić information content (AvgIpc) is 2.81. The van der Waals surface area contributed by atoms with Gasteiger partial charge in [-0.1, -0.05) is 46.4 Å². The van der Waals surface area contributed by atoms with E-state index in [4.69, 9.17) is 0 Å². The Morgan fingerprint density at radius 3 is 2.00 bits per heavy atom. The van der Waals surface area contributed by atoms with Gasteiger partial charge in [-0.3, -0.25) is 0 Å². The third-order valence-electron chi connectivity index (χ3n) is 2.37. The zero-order chi connectivity index (χ0) is 14.8. The molecule has 1 saturated carbocycles. The van der Waals surface area contributed by atoms with Crippen LogP contribution in [-0.2, 0) is 10.0 Å². The van der Waals surface area contributed by atoms with E-state index in [9.17, 15) is 8.42 Å². The molecule has 1 aliphatic carbocycles. The van der Waals surface area contributed by atoms with Gasteiger partial charge in [0, 0.05) is 0 Å². The molecular weight excluding hydrogens is 246 g/mol. The van der Waals surface area contributed by atoms with Crippen LogP contribution in [0.1, 0.15) is 47.0 Å². The van der Waals surface area contributed by atoms with E-state index in [0.29, 0.717) is 0 Å². The Labute approximate surface area is 113 Å². The first-order valence-corrected chi connectivity index (χ1v) is 7.98. The molecule has 0 atom stereocenters. The van der Waals surface area contributed by atoms with Gasteiger partial charge in [0.15, 0.2) is 0 Å². The molecule has 1 aliphatic rings. The lowest BCUT2D eigenvalue weighted by Gasteiger charge is -2.07. The smallest absolute Gasteiger partial charge is 0.214 e. The molecule has 4 heteroatoms. The number of nitrogens with one attached hydrogen (secondary N) is 1. The van der Waals surface area contributed by atoms with E-state index in [2.05, 4.69) is 17.9 Å². The standard InChI is InChI=1S/C10H15NO2S.2C2H6/c1-4-10(14(12,13)11-3)9-7-5-6-8(9)2;2*1-2/h4,11H,1-2,5-7H2,3H3;2*1-2H3/b10-9+;;. The zero-order valence-electron chi connectivity index (χ0n) is 12.3. The molecule has 1 N–H and O–H groups in total. The second kappa shape index (κ2) is 10.1. The molecule has 18 heavy (non-hydrogen) atoms. The highest BCUT2D eigenvalue weighted by molar-refractivity contribution is 7.93. The monoisotopic (exact) mass is 273 g/mol. The summed E-state index contributed by atoms with van der Waals surface area (Å²) in [7, 11) is -1.98. The fourth-order valence-electron chi connectivity index (χ4n) is 1.61. The van der Waals surface area contributed by atoms with Gasteiger partial charge >= 0.3 is 0 Å². The van der Waals surface area contributed by atoms with Crippen LogP contribution in [0.15, 0.2) is 35.3 Å². The van der Waals surface area contributed by atoms with Crippen molar-refractivity contribution in [3.05, 3.63) is 35.3 Å². The van der Waals surface area contributed by atoms with Gasteiger partial charge in [0.1, 0.15) is 0 Å². The highest BCUT2D eigenvalue weighted by Gasteiger charge is 2.22. The van der Waals surface area contributed by atoms with Gasteiger partial charge in [0.25, 0.3) is 0 Å². The summed E-state index contributed by atoms with van der Waals surface area (Å²) in [6.45, 7) is 15.4. The van der Waals surface area contributed by atoms with E-state index < -0.39 is 10.0 Å². The molecule has 0 aromatic rings. The van der Waals surface area contributed by atoms with Crippen molar-refractivity contribution in [2.75, 3.05) is 7.05 Å². The lowest BCUT2D eigenvalue weighted by Crippen LogP contribution is -2.20. The Kier molecular flexibility index (Phi) is 10.9. The van der Waals surface area contributed by atoms with E-state index >= 15 is 0 Å². The van der Waals surface area contributed by atoms with Crippen LogP contribution in [0.2, 0.25) is 0 Å². The van der Waals surface area contributed by atoms with Gasteiger partial charge < -0.3 is 0 Å². The van der Waals surface area contributed by atoms with Gasteiger partial charge in [-0.05, 0) is 38.0 Å². The number of hydrogen-bond donors (Lipinski definition) is 1. The van der Waals surface area contributed by atoms with Crippen molar-refractivity contribution >= 4 is 10.0 Å². The summed E-state index contributed by atoms with van der Waals surface area (Å²) in [6.07, 6.45) is 4.02. The number of allylic oxidation sites excluding steroid dienone is 3. The third kappa shape index (κ3) is 5.19. The molecule has 0 bridgehead atoms. The highest BCUT2D eigenvalue weighted by atomic mass is 32.2. The first-order valence-electron chi connectivity index (χ1n) is 6.50. The molecule has 0 aromatic carbocycles. The van der Waals surface area contributed by atoms with Crippen LogP contribution in [-0.4, -0.2) is 15.5 Å². The van der Waals surface area contributed by atoms with Gasteiger partial charge in [-0.25, -0.2) is 13.1 Å². The summed E-state index contributed by atoms with van der Waals surface area (Å²) in [5, 5.41) is 0. The van der Waals surface area contributed by atoms with Crippen LogP contribution < -0.4 is 4.72 Å². The Hall–Kier alpha value is -0.870. The predicted molar refractivity (Wildman–Crippen MR) is 80.9 cm³/mol. The van der Waals surface area contributed by atoms with Gasteiger partial charge in [0.05, 0.1) is 4.91 Å². The van der Waals surface area contributed by atoms with Crippen molar-refractivity contribution in [1.29, 1.82) is 0 Å². The predicted octanol–water partition coefficient (Wildman–Crippen LogP) is 3.77. The van der Waals surface area contributed by atoms with Crippen LogP contribution in [0.5, 0.6) is 0 Å². The van der Waals surface area contributed by atoms with Crippen LogP contribution >= 0.6 is 0 Å². The maximum Gasteiger partial charge on any atom is 0.240 e. The number of rotatable bonds is 3. The summed E-state index contributed by atoms with van der Waals surface area (Å²) >= 11 is 0. The Morgan fingerprint density at radius 1 is 1.22 bits per heavy atom. The first kappa shape index (κ1) is 19.5. The molecule has 0 saturated heterocycles. The van der Waals surface area contributed by atoms with Gasteiger partial charge in [-0.15, -0.1) is 0 Å². The molecule has 1 rings (SSSR count). The normalized spacial score (nSPS) is 17.1. The van der Waals surface area contributed by atoms with Crippen LogP contribution in [0.25, 0.3) is 0 Å². The number of hydrogen-bond acceptors (Lipinski definition) is 2. The van der Waals surface area contributed by atoms with Crippen molar-refractivity contribution in [3.63, 3.8) is 0 Å². The molecule has 0 unspecified atom stereocenters. The van der Waals surface area contributed by atoms with Crippen molar-refractivity contribution in [1.82, 2.24) is 4.72 Å². The van der Waals surface area contributed by atoms with E-state index in [1.165, 1.54) is 13.1 Å². The lowest BCUT2D eigenvalue weighted by molar-refractivity contribution is 0.595. The molecular formula is C14H27NO2S. The maximum atomic E-state index is 11.6. The molecule has 0 aromatic heterocycles. The van der Waals surface area contributed by atoms with Gasteiger partial charge in [0.2, 0.25) is 10.0 Å². The van der Waals surface area contributed by atoms with Crippen LogP contribution in [0, 0.1) is 0 Å². The van der Waals surface area contributed by atoms with Crippen molar-refractivity contribution < 1.29 is 8.42 Å². The van der Waals surface area contributed by atoms with E-state index in [-0.39, 0.29) is 4.91 Å². The van der Waals surface area contributed by atoms with E-state index in [0.717, 1.165) is 30.4 Å². The topological polar surface area (TPSA) is 46.2 Å². The molecule has 0 radical (unpaired) electrons. The molecule has 0 amide bonds. The largest absolute Gasteiger partial charge is 0.240 e. The average molecular weight is 273 g/mol. The summed E-state index contributed by atoms with van der Waals surface area (Å²) in [6, 6.07) is 0. The van der Waals surface area contributed by atoms with Gasteiger partial charge in [-0.2, -0.15) is 0 Å². The van der Waals surface area contributed by atoms with E-state index in [1.807, 2.05) is 27.7 Å². The summed E-state index contributed by atoms with van der Waals surface area (Å²) in [4.78, 5) is 0.280.